The number of nitrogens with zero attached hydrogens (tertiary/aromatic N) is 4. The Balaban J connectivity index is 1.64. The van der Waals surface area contributed by atoms with Crippen molar-refractivity contribution in [2.45, 2.75) is 6.10 Å². The molecule has 15 heteroatoms. The summed E-state index contributed by atoms with van der Waals surface area (Å²) in [6.45, 7) is 0.126. The van der Waals surface area contributed by atoms with E-state index in [-0.39, 0.29) is 18.1 Å². The van der Waals surface area contributed by atoms with E-state index in [9.17, 15) is 21.9 Å². The molecule has 5 N–H and O–H groups in total. The summed E-state index contributed by atoms with van der Waals surface area (Å²) in [5.41, 5.74) is 2.29. The summed E-state index contributed by atoms with van der Waals surface area (Å²) in [6, 6.07) is 16.9. The molecule has 0 bridgehead atoms. The number of hydrogen-bond acceptors (Lipinski definition) is 10. The van der Waals surface area contributed by atoms with Gasteiger partial charge in [0.25, 0.3) is 0 Å². The molecule has 0 spiro atoms. The summed E-state index contributed by atoms with van der Waals surface area (Å²) in [6.07, 6.45) is -0.817. The first-order chi connectivity index (χ1) is 17.1. The third-order valence-corrected chi connectivity index (χ3v) is 9.82. The summed E-state index contributed by atoms with van der Waals surface area (Å²) in [7, 11) is -7.30. The third-order valence-electron chi connectivity index (χ3n) is 5.09. The molecule has 1 unspecified atom stereocenters. The number of hydrogen-bond donors (Lipinski definition) is 5. The minimum Gasteiger partial charge on any atom is -0.387 e. The molecular weight excluding hydrogens is 508 g/mol. The maximum Gasteiger partial charge on any atom is 0.353 e. The standard InChI is InChI=1S/C21H24N8O5S2/c1-29(2)36(33,34)35(31,32)27-17-10-11-20(22-13-19(30)14-6-4-3-5-7-14)24-21(17)23-15-8-9-16-18(12-15)26-28-25-16/h3-12,19,27,30H,13H2,1-2H3,(H2,22,23,24)(H,25,26,28). The second-order valence-electron chi connectivity index (χ2n) is 7.85. The summed E-state index contributed by atoms with van der Waals surface area (Å²) in [5, 5.41) is 26.9. The van der Waals surface area contributed by atoms with Crippen LogP contribution in [0.25, 0.3) is 11.0 Å². The van der Waals surface area contributed by atoms with Crippen LogP contribution < -0.4 is 15.4 Å². The quantitative estimate of drug-likeness (QED) is 0.189. The largest absolute Gasteiger partial charge is 0.387 e. The van der Waals surface area contributed by atoms with E-state index < -0.39 is 24.2 Å². The Morgan fingerprint density at radius 1 is 0.972 bits per heavy atom. The molecule has 4 aromatic rings. The number of rotatable bonds is 10. The van der Waals surface area contributed by atoms with E-state index in [0.29, 0.717) is 32.4 Å². The van der Waals surface area contributed by atoms with Gasteiger partial charge in [-0.05, 0) is 35.9 Å². The van der Waals surface area contributed by atoms with E-state index in [4.69, 9.17) is 0 Å². The Morgan fingerprint density at radius 3 is 2.42 bits per heavy atom. The molecule has 0 aliphatic rings. The van der Waals surface area contributed by atoms with Crippen LogP contribution >= 0.6 is 0 Å². The van der Waals surface area contributed by atoms with Gasteiger partial charge in [-0.3, -0.25) is 4.72 Å². The number of benzene rings is 2. The van der Waals surface area contributed by atoms with Gasteiger partial charge < -0.3 is 15.7 Å². The zero-order valence-electron chi connectivity index (χ0n) is 19.2. The van der Waals surface area contributed by atoms with E-state index in [0.717, 1.165) is 14.1 Å². The number of aromatic nitrogens is 4. The number of aliphatic hydroxyl groups excluding tert-OH is 1. The minimum absolute atomic E-state index is 0.0228. The molecule has 4 rings (SSSR count). The highest BCUT2D eigenvalue weighted by molar-refractivity contribution is 8.66. The number of nitrogens with one attached hydrogen (secondary N) is 4. The number of aromatic amines is 1. The molecule has 2 aromatic heterocycles. The molecule has 0 saturated carbocycles. The lowest BCUT2D eigenvalue weighted by Gasteiger charge is -2.18. The molecule has 0 fully saturated rings. The molecule has 2 aromatic carbocycles. The van der Waals surface area contributed by atoms with Gasteiger partial charge in [-0.1, -0.05) is 30.3 Å². The summed E-state index contributed by atoms with van der Waals surface area (Å²) in [4.78, 5) is 4.40. The van der Waals surface area contributed by atoms with Crippen LogP contribution in [0.2, 0.25) is 0 Å². The number of anilines is 4. The maximum atomic E-state index is 12.6. The van der Waals surface area contributed by atoms with Crippen molar-refractivity contribution in [2.75, 3.05) is 36.0 Å². The van der Waals surface area contributed by atoms with Gasteiger partial charge in [0, 0.05) is 26.3 Å². The van der Waals surface area contributed by atoms with Crippen LogP contribution in [-0.4, -0.2) is 67.3 Å². The second-order valence-corrected chi connectivity index (χ2v) is 13.1. The van der Waals surface area contributed by atoms with E-state index in [1.165, 1.54) is 12.1 Å². The fraction of sp³-hybridized carbons (Fsp3) is 0.190. The second kappa shape index (κ2) is 10.1. The van der Waals surface area contributed by atoms with Crippen molar-refractivity contribution in [1.29, 1.82) is 0 Å². The fourth-order valence-electron chi connectivity index (χ4n) is 3.17. The normalized spacial score (nSPS) is 13.0. The fourth-order valence-corrected chi connectivity index (χ4v) is 5.86. The molecule has 190 valence electrons. The minimum atomic E-state index is -4.85. The molecule has 1 atom stereocenters. The van der Waals surface area contributed by atoms with Gasteiger partial charge in [0.15, 0.2) is 5.82 Å². The predicted molar refractivity (Wildman–Crippen MR) is 136 cm³/mol. The number of fused-ring (bicyclic) bond motifs is 1. The average Bonchev–Trinajstić information content (AvgIpc) is 3.32. The highest BCUT2D eigenvalue weighted by Crippen LogP contribution is 2.29. The van der Waals surface area contributed by atoms with E-state index in [1.807, 2.05) is 18.2 Å². The highest BCUT2D eigenvalue weighted by Gasteiger charge is 2.33. The zero-order valence-corrected chi connectivity index (χ0v) is 20.9. The van der Waals surface area contributed by atoms with Crippen LogP contribution in [0.5, 0.6) is 0 Å². The van der Waals surface area contributed by atoms with Crippen molar-refractivity contribution in [1.82, 2.24) is 24.7 Å². The van der Waals surface area contributed by atoms with Crippen LogP contribution in [0.15, 0.2) is 60.7 Å². The van der Waals surface area contributed by atoms with Gasteiger partial charge in [0.2, 0.25) is 0 Å². The molecule has 2 heterocycles. The SMILES string of the molecule is CN(C)S(=O)(=O)S(=O)(=O)Nc1ccc(NCC(O)c2ccccc2)nc1Nc1ccc2n[nH]nc2c1. The molecule has 0 aliphatic carbocycles. The molecule has 0 saturated heterocycles. The summed E-state index contributed by atoms with van der Waals surface area (Å²) >= 11 is 0. The average molecular weight is 533 g/mol. The predicted octanol–water partition coefficient (Wildman–Crippen LogP) is 1.79. The van der Waals surface area contributed by atoms with Crippen molar-refractivity contribution >= 4 is 52.2 Å². The monoisotopic (exact) mass is 532 g/mol. The van der Waals surface area contributed by atoms with Gasteiger partial charge in [-0.15, -0.1) is 0 Å². The van der Waals surface area contributed by atoms with E-state index in [1.54, 1.807) is 30.3 Å². The van der Waals surface area contributed by atoms with Crippen LogP contribution in [0.3, 0.4) is 0 Å². The number of H-pyrrole nitrogens is 1. The van der Waals surface area contributed by atoms with E-state index in [2.05, 4.69) is 35.8 Å². The molecule has 13 nitrogen and oxygen atoms in total. The van der Waals surface area contributed by atoms with Gasteiger partial charge >= 0.3 is 18.1 Å². The first-order valence-corrected chi connectivity index (χ1v) is 14.0. The third kappa shape index (κ3) is 5.38. The van der Waals surface area contributed by atoms with Crippen molar-refractivity contribution in [3.8, 4) is 0 Å². The van der Waals surface area contributed by atoms with Crippen molar-refractivity contribution in [2.24, 2.45) is 0 Å². The van der Waals surface area contributed by atoms with Crippen molar-refractivity contribution in [3.05, 3.63) is 66.2 Å². The van der Waals surface area contributed by atoms with Crippen LogP contribution in [-0.2, 0) is 18.1 Å². The van der Waals surface area contributed by atoms with Crippen molar-refractivity contribution < 1.29 is 21.9 Å². The summed E-state index contributed by atoms with van der Waals surface area (Å²) < 4.78 is 52.5. The molecule has 36 heavy (non-hydrogen) atoms. The molecular formula is C21H24N8O5S2. The lowest BCUT2D eigenvalue weighted by Crippen LogP contribution is -2.34. The lowest BCUT2D eigenvalue weighted by atomic mass is 10.1. The Kier molecular flexibility index (Phi) is 7.07. The Hall–Kier alpha value is -3.79. The number of aliphatic hydroxyl groups is 1. The van der Waals surface area contributed by atoms with Gasteiger partial charge in [0.05, 0.1) is 11.8 Å². The Bertz CT molecular complexity index is 1570. The first-order valence-electron chi connectivity index (χ1n) is 10.6. The Labute approximate surface area is 207 Å². The molecule has 0 radical (unpaired) electrons. The highest BCUT2D eigenvalue weighted by atomic mass is 33.2. The van der Waals surface area contributed by atoms with Gasteiger partial charge in [-0.2, -0.15) is 36.6 Å². The lowest BCUT2D eigenvalue weighted by molar-refractivity contribution is 0.191. The Morgan fingerprint density at radius 2 is 1.69 bits per heavy atom. The van der Waals surface area contributed by atoms with Crippen LogP contribution in [0, 0.1) is 0 Å². The molecule has 0 aliphatic heterocycles. The van der Waals surface area contributed by atoms with Gasteiger partial charge in [0.1, 0.15) is 16.9 Å². The first kappa shape index (κ1) is 25.3. The maximum absolute atomic E-state index is 12.6. The van der Waals surface area contributed by atoms with Gasteiger partial charge in [-0.25, -0.2) is 4.98 Å². The van der Waals surface area contributed by atoms with E-state index >= 15 is 0 Å². The smallest absolute Gasteiger partial charge is 0.353 e. The number of pyridine rings is 1. The molecule has 0 amide bonds. The summed E-state index contributed by atoms with van der Waals surface area (Å²) in [5.74, 6) is 0.336. The van der Waals surface area contributed by atoms with Crippen LogP contribution in [0.1, 0.15) is 11.7 Å². The zero-order chi connectivity index (χ0) is 25.9. The topological polar surface area (TPSA) is 182 Å². The van der Waals surface area contributed by atoms with Crippen molar-refractivity contribution in [3.63, 3.8) is 0 Å². The van der Waals surface area contributed by atoms with Crippen LogP contribution in [0.4, 0.5) is 23.0 Å².